The SMILES string of the molecule is C[C@H](OCc1ccccc1)[C@@H](NC(=O)C(NC(=O)OCC1c2ccccc2-c2ccccc21)c1ccnn1C)C(=O)O. The molecule has 216 valence electrons. The van der Waals surface area contributed by atoms with Crippen LogP contribution < -0.4 is 10.6 Å². The van der Waals surface area contributed by atoms with E-state index in [-0.39, 0.29) is 19.1 Å². The number of carboxylic acid groups (broad SMARTS) is 1. The summed E-state index contributed by atoms with van der Waals surface area (Å²) in [5.41, 5.74) is 5.52. The van der Waals surface area contributed by atoms with Gasteiger partial charge < -0.3 is 25.2 Å². The Kier molecular flexibility index (Phi) is 8.63. The predicted molar refractivity (Wildman–Crippen MR) is 154 cm³/mol. The van der Waals surface area contributed by atoms with E-state index in [1.165, 1.54) is 10.9 Å². The van der Waals surface area contributed by atoms with Crippen molar-refractivity contribution in [2.75, 3.05) is 6.61 Å². The van der Waals surface area contributed by atoms with Crippen LogP contribution in [0.4, 0.5) is 4.79 Å². The van der Waals surface area contributed by atoms with Crippen LogP contribution in [0.3, 0.4) is 0 Å². The number of nitrogens with one attached hydrogen (secondary N) is 2. The molecule has 1 aliphatic carbocycles. The maximum absolute atomic E-state index is 13.5. The second-order valence-electron chi connectivity index (χ2n) is 10.1. The van der Waals surface area contributed by atoms with Crippen molar-refractivity contribution in [1.29, 1.82) is 0 Å². The summed E-state index contributed by atoms with van der Waals surface area (Å²) in [6, 6.07) is 24.2. The summed E-state index contributed by atoms with van der Waals surface area (Å²) in [7, 11) is 1.62. The third kappa shape index (κ3) is 6.18. The molecule has 0 saturated carbocycles. The van der Waals surface area contributed by atoms with E-state index in [1.807, 2.05) is 78.9 Å². The van der Waals surface area contributed by atoms with Gasteiger partial charge in [-0.1, -0.05) is 78.9 Å². The Labute approximate surface area is 243 Å². The average Bonchev–Trinajstić information content (AvgIpc) is 3.57. The smallest absolute Gasteiger partial charge is 0.408 e. The first-order valence-electron chi connectivity index (χ1n) is 13.6. The fraction of sp³-hybridized carbons (Fsp3) is 0.250. The van der Waals surface area contributed by atoms with Gasteiger partial charge in [0.2, 0.25) is 5.91 Å². The van der Waals surface area contributed by atoms with Gasteiger partial charge in [-0.05, 0) is 40.8 Å². The van der Waals surface area contributed by atoms with Crippen LogP contribution in [-0.2, 0) is 32.7 Å². The van der Waals surface area contributed by atoms with Gasteiger partial charge in [0, 0.05) is 19.2 Å². The number of fused-ring (bicyclic) bond motifs is 3. The average molecular weight is 569 g/mol. The van der Waals surface area contributed by atoms with Crippen LogP contribution in [0.5, 0.6) is 0 Å². The number of aliphatic carboxylic acids is 1. The molecule has 0 saturated heterocycles. The second kappa shape index (κ2) is 12.7. The normalized spacial score (nSPS) is 14.2. The lowest BCUT2D eigenvalue weighted by atomic mass is 9.98. The molecule has 10 heteroatoms. The lowest BCUT2D eigenvalue weighted by molar-refractivity contribution is -0.146. The Balaban J connectivity index is 1.27. The van der Waals surface area contributed by atoms with Crippen LogP contribution in [0, 0.1) is 0 Å². The number of carbonyl (C=O) groups is 3. The molecular formula is C32H32N4O6. The summed E-state index contributed by atoms with van der Waals surface area (Å²) in [6.07, 6.45) is -0.207. The number of alkyl carbamates (subject to hydrolysis) is 1. The molecule has 3 atom stereocenters. The maximum Gasteiger partial charge on any atom is 0.408 e. The molecule has 1 unspecified atom stereocenters. The number of rotatable bonds is 11. The van der Waals surface area contributed by atoms with E-state index in [1.54, 1.807) is 20.0 Å². The van der Waals surface area contributed by atoms with Crippen molar-refractivity contribution >= 4 is 18.0 Å². The number of ether oxygens (including phenoxy) is 2. The van der Waals surface area contributed by atoms with Crippen molar-refractivity contribution in [2.24, 2.45) is 7.05 Å². The Hall–Kier alpha value is -4.96. The van der Waals surface area contributed by atoms with Gasteiger partial charge in [-0.2, -0.15) is 5.10 Å². The van der Waals surface area contributed by atoms with Gasteiger partial charge in [0.15, 0.2) is 12.1 Å². The van der Waals surface area contributed by atoms with Gasteiger partial charge in [-0.25, -0.2) is 9.59 Å². The molecule has 3 aromatic carbocycles. The molecule has 0 bridgehead atoms. The van der Waals surface area contributed by atoms with E-state index in [2.05, 4.69) is 15.7 Å². The highest BCUT2D eigenvalue weighted by Gasteiger charge is 2.34. The molecule has 5 rings (SSSR count). The Morgan fingerprint density at radius 3 is 2.12 bits per heavy atom. The maximum atomic E-state index is 13.5. The first kappa shape index (κ1) is 28.6. The molecule has 0 radical (unpaired) electrons. The number of benzene rings is 3. The zero-order valence-electron chi connectivity index (χ0n) is 23.3. The summed E-state index contributed by atoms with van der Waals surface area (Å²) in [4.78, 5) is 38.7. The van der Waals surface area contributed by atoms with Crippen LogP contribution in [0.15, 0.2) is 91.1 Å². The first-order chi connectivity index (χ1) is 20.3. The van der Waals surface area contributed by atoms with E-state index < -0.39 is 36.2 Å². The van der Waals surface area contributed by atoms with Crippen molar-refractivity contribution in [2.45, 2.75) is 37.6 Å². The monoisotopic (exact) mass is 568 g/mol. The first-order valence-corrected chi connectivity index (χ1v) is 13.6. The third-order valence-corrected chi connectivity index (χ3v) is 7.41. The summed E-state index contributed by atoms with van der Waals surface area (Å²) in [6.45, 7) is 1.80. The predicted octanol–water partition coefficient (Wildman–Crippen LogP) is 4.17. The topological polar surface area (TPSA) is 132 Å². The standard InChI is InChI=1S/C32H32N4O6/c1-20(41-18-21-10-4-3-5-11-21)28(31(38)39)34-30(37)29(27-16-17-33-36(27)2)35-32(40)42-19-26-24-14-8-6-12-22(24)23-13-7-9-15-25(23)26/h3-17,20,26,28-29H,18-19H2,1-2H3,(H,34,37)(H,35,40)(H,38,39)/t20-,28+,29?/m0/s1. The number of carbonyl (C=O) groups excluding carboxylic acids is 2. The zero-order chi connectivity index (χ0) is 29.6. The lowest BCUT2D eigenvalue weighted by Crippen LogP contribution is -2.52. The van der Waals surface area contributed by atoms with Crippen molar-refractivity contribution in [3.8, 4) is 11.1 Å². The van der Waals surface area contributed by atoms with Crippen LogP contribution in [0.2, 0.25) is 0 Å². The summed E-state index contributed by atoms with van der Waals surface area (Å²) in [5.74, 6) is -2.17. The molecular weight excluding hydrogens is 536 g/mol. The van der Waals surface area contributed by atoms with Crippen LogP contribution in [-0.4, -0.2) is 51.6 Å². The number of aromatic nitrogens is 2. The largest absolute Gasteiger partial charge is 0.480 e. The number of hydrogen-bond donors (Lipinski definition) is 3. The molecule has 10 nitrogen and oxygen atoms in total. The number of nitrogens with zero attached hydrogens (tertiary/aromatic N) is 2. The molecule has 1 aliphatic rings. The van der Waals surface area contributed by atoms with E-state index in [4.69, 9.17) is 9.47 Å². The molecule has 4 aromatic rings. The van der Waals surface area contributed by atoms with Gasteiger partial charge in [0.05, 0.1) is 18.4 Å². The second-order valence-corrected chi connectivity index (χ2v) is 10.1. The molecule has 42 heavy (non-hydrogen) atoms. The molecule has 3 N–H and O–H groups in total. The van der Waals surface area contributed by atoms with Crippen LogP contribution in [0.1, 0.15) is 41.3 Å². The van der Waals surface area contributed by atoms with Gasteiger partial charge >= 0.3 is 12.1 Å². The van der Waals surface area contributed by atoms with E-state index in [0.717, 1.165) is 27.8 Å². The Morgan fingerprint density at radius 1 is 0.905 bits per heavy atom. The minimum atomic E-state index is -1.37. The minimum Gasteiger partial charge on any atom is -0.480 e. The fourth-order valence-electron chi connectivity index (χ4n) is 5.21. The minimum absolute atomic E-state index is 0.0572. The molecule has 1 aromatic heterocycles. The number of aryl methyl sites for hydroxylation is 1. The van der Waals surface area contributed by atoms with E-state index >= 15 is 0 Å². The molecule has 0 spiro atoms. The molecule has 0 fully saturated rings. The van der Waals surface area contributed by atoms with Gasteiger partial charge in [-0.3, -0.25) is 9.48 Å². The van der Waals surface area contributed by atoms with Gasteiger partial charge in [-0.15, -0.1) is 0 Å². The van der Waals surface area contributed by atoms with Crippen molar-refractivity contribution in [3.63, 3.8) is 0 Å². The Bertz CT molecular complexity index is 1520. The molecule has 2 amide bonds. The highest BCUT2D eigenvalue weighted by Crippen LogP contribution is 2.44. The highest BCUT2D eigenvalue weighted by atomic mass is 16.5. The molecule has 1 heterocycles. The summed E-state index contributed by atoms with van der Waals surface area (Å²) < 4.78 is 12.8. The zero-order valence-corrected chi connectivity index (χ0v) is 23.3. The van der Waals surface area contributed by atoms with Crippen LogP contribution in [0.25, 0.3) is 11.1 Å². The summed E-state index contributed by atoms with van der Waals surface area (Å²) in [5, 5.41) is 19.1. The quantitative estimate of drug-likeness (QED) is 0.247. The number of hydrogen-bond acceptors (Lipinski definition) is 6. The number of amides is 2. The van der Waals surface area contributed by atoms with Crippen molar-refractivity contribution in [3.05, 3.63) is 114 Å². The highest BCUT2D eigenvalue weighted by molar-refractivity contribution is 5.90. The van der Waals surface area contributed by atoms with Crippen LogP contribution >= 0.6 is 0 Å². The third-order valence-electron chi connectivity index (χ3n) is 7.41. The summed E-state index contributed by atoms with van der Waals surface area (Å²) >= 11 is 0. The van der Waals surface area contributed by atoms with Gasteiger partial charge in [0.25, 0.3) is 0 Å². The Morgan fingerprint density at radius 2 is 1.52 bits per heavy atom. The lowest BCUT2D eigenvalue weighted by Gasteiger charge is -2.25. The molecule has 0 aliphatic heterocycles. The van der Waals surface area contributed by atoms with Crippen molar-refractivity contribution < 1.29 is 29.0 Å². The van der Waals surface area contributed by atoms with Gasteiger partial charge in [0.1, 0.15) is 6.61 Å². The fourth-order valence-corrected chi connectivity index (χ4v) is 5.21. The van der Waals surface area contributed by atoms with E-state index in [9.17, 15) is 19.5 Å². The van der Waals surface area contributed by atoms with Crippen molar-refractivity contribution in [1.82, 2.24) is 20.4 Å². The number of carboxylic acids is 1. The van der Waals surface area contributed by atoms with E-state index in [0.29, 0.717) is 5.69 Å².